The van der Waals surface area contributed by atoms with Gasteiger partial charge in [0.1, 0.15) is 5.75 Å². The van der Waals surface area contributed by atoms with E-state index in [2.05, 4.69) is 19.9 Å². The first-order valence-electron chi connectivity index (χ1n) is 6.66. The first-order valence-corrected chi connectivity index (χ1v) is 6.66. The summed E-state index contributed by atoms with van der Waals surface area (Å²) < 4.78 is 10.6. The monoisotopic (exact) mass is 265 g/mol. The fourth-order valence-corrected chi connectivity index (χ4v) is 2.48. The summed E-state index contributed by atoms with van der Waals surface area (Å²) in [6.45, 7) is 5.35. The first-order chi connectivity index (χ1) is 9.04. The van der Waals surface area contributed by atoms with Gasteiger partial charge in [-0.3, -0.25) is 0 Å². The van der Waals surface area contributed by atoms with Gasteiger partial charge in [-0.2, -0.15) is 0 Å². The Labute approximate surface area is 114 Å². The molecule has 4 heteroatoms. The summed E-state index contributed by atoms with van der Waals surface area (Å²) in [7, 11) is 1.68. The quantitative estimate of drug-likeness (QED) is 0.852. The second-order valence-corrected chi connectivity index (χ2v) is 5.65. The predicted molar refractivity (Wildman–Crippen MR) is 74.3 cm³/mol. The van der Waals surface area contributed by atoms with Crippen molar-refractivity contribution in [2.45, 2.75) is 25.8 Å². The van der Waals surface area contributed by atoms with Crippen LogP contribution in [0.5, 0.6) is 5.75 Å². The van der Waals surface area contributed by atoms with Crippen LogP contribution in [0.4, 0.5) is 0 Å². The minimum absolute atomic E-state index is 0.0528. The number of aliphatic hydroxyl groups excluding tert-OH is 1. The van der Waals surface area contributed by atoms with Gasteiger partial charge in [-0.1, -0.05) is 26.0 Å². The van der Waals surface area contributed by atoms with E-state index < -0.39 is 0 Å². The molecule has 0 radical (unpaired) electrons. The Morgan fingerprint density at radius 3 is 2.53 bits per heavy atom. The van der Waals surface area contributed by atoms with E-state index in [1.165, 1.54) is 0 Å². The Morgan fingerprint density at radius 2 is 2.11 bits per heavy atom. The van der Waals surface area contributed by atoms with Gasteiger partial charge in [-0.15, -0.1) is 0 Å². The van der Waals surface area contributed by atoms with Gasteiger partial charge in [-0.05, 0) is 23.1 Å². The summed E-state index contributed by atoms with van der Waals surface area (Å²) in [6, 6.07) is 5.80. The molecule has 0 aliphatic carbocycles. The molecule has 1 fully saturated rings. The molecule has 1 saturated heterocycles. The van der Waals surface area contributed by atoms with Crippen LogP contribution in [0.3, 0.4) is 0 Å². The van der Waals surface area contributed by atoms with Gasteiger partial charge in [0, 0.05) is 6.04 Å². The molecular weight excluding hydrogens is 242 g/mol. The van der Waals surface area contributed by atoms with E-state index in [0.29, 0.717) is 19.1 Å². The molecular formula is C15H23NO3. The number of aliphatic hydroxyl groups is 1. The van der Waals surface area contributed by atoms with Crippen molar-refractivity contribution < 1.29 is 14.6 Å². The number of hydrogen-bond donors (Lipinski definition) is 2. The van der Waals surface area contributed by atoms with Crippen LogP contribution in [-0.4, -0.2) is 32.0 Å². The Hall–Kier alpha value is -1.10. The molecule has 2 rings (SSSR count). The topological polar surface area (TPSA) is 64.7 Å². The van der Waals surface area contributed by atoms with Crippen molar-refractivity contribution >= 4 is 0 Å². The van der Waals surface area contributed by atoms with Crippen molar-refractivity contribution in [1.29, 1.82) is 0 Å². The Bertz CT molecular complexity index is 436. The van der Waals surface area contributed by atoms with Gasteiger partial charge in [0.05, 0.1) is 32.3 Å². The maximum atomic E-state index is 9.56. The van der Waals surface area contributed by atoms with E-state index in [9.17, 15) is 5.11 Å². The van der Waals surface area contributed by atoms with Crippen molar-refractivity contribution in [2.75, 3.05) is 26.9 Å². The number of methoxy groups -OCH3 is 1. The zero-order valence-corrected chi connectivity index (χ0v) is 11.8. The molecule has 1 heterocycles. The van der Waals surface area contributed by atoms with Crippen LogP contribution >= 0.6 is 0 Å². The average Bonchev–Trinajstić information content (AvgIpc) is 2.37. The van der Waals surface area contributed by atoms with Crippen molar-refractivity contribution in [3.8, 4) is 5.75 Å². The third kappa shape index (κ3) is 2.48. The highest BCUT2D eigenvalue weighted by Crippen LogP contribution is 2.40. The second-order valence-electron chi connectivity index (χ2n) is 5.65. The van der Waals surface area contributed by atoms with E-state index in [4.69, 9.17) is 15.2 Å². The van der Waals surface area contributed by atoms with E-state index in [0.717, 1.165) is 16.9 Å². The van der Waals surface area contributed by atoms with Crippen molar-refractivity contribution in [3.05, 3.63) is 29.3 Å². The summed E-state index contributed by atoms with van der Waals surface area (Å²) >= 11 is 0. The van der Waals surface area contributed by atoms with Crippen LogP contribution in [0.1, 0.15) is 36.9 Å². The number of nitrogens with two attached hydrogens (primary N) is 1. The van der Waals surface area contributed by atoms with Crippen LogP contribution in [0.25, 0.3) is 0 Å². The molecule has 3 N–H and O–H groups in total. The molecule has 19 heavy (non-hydrogen) atoms. The number of ether oxygens (including phenoxy) is 2. The lowest BCUT2D eigenvalue weighted by Crippen LogP contribution is -2.52. The Balaban J connectivity index is 2.32. The van der Waals surface area contributed by atoms with Gasteiger partial charge in [-0.25, -0.2) is 0 Å². The van der Waals surface area contributed by atoms with E-state index >= 15 is 0 Å². The van der Waals surface area contributed by atoms with Crippen molar-refractivity contribution in [2.24, 2.45) is 11.1 Å². The van der Waals surface area contributed by atoms with Crippen LogP contribution < -0.4 is 10.5 Å². The molecule has 1 aromatic rings. The SMILES string of the molecule is COc1ccc(C(N)C2(CO)COC2)cc1C(C)C. The van der Waals surface area contributed by atoms with Gasteiger partial charge in [0.25, 0.3) is 0 Å². The minimum Gasteiger partial charge on any atom is -0.496 e. The summed E-state index contributed by atoms with van der Waals surface area (Å²) in [5.74, 6) is 1.25. The first kappa shape index (κ1) is 14.3. The summed E-state index contributed by atoms with van der Waals surface area (Å²) in [4.78, 5) is 0. The maximum Gasteiger partial charge on any atom is 0.122 e. The summed E-state index contributed by atoms with van der Waals surface area (Å²) in [5.41, 5.74) is 8.17. The fraction of sp³-hybridized carbons (Fsp3) is 0.600. The average molecular weight is 265 g/mol. The largest absolute Gasteiger partial charge is 0.496 e. The van der Waals surface area contributed by atoms with Crippen LogP contribution in [0, 0.1) is 5.41 Å². The smallest absolute Gasteiger partial charge is 0.122 e. The zero-order chi connectivity index (χ0) is 14.0. The van der Waals surface area contributed by atoms with Gasteiger partial charge in [0.15, 0.2) is 0 Å². The molecule has 1 atom stereocenters. The lowest BCUT2D eigenvalue weighted by Gasteiger charge is -2.44. The third-order valence-corrected chi connectivity index (χ3v) is 3.99. The van der Waals surface area contributed by atoms with E-state index in [1.54, 1.807) is 7.11 Å². The number of hydrogen-bond acceptors (Lipinski definition) is 4. The highest BCUT2D eigenvalue weighted by Gasteiger charge is 2.44. The lowest BCUT2D eigenvalue weighted by molar-refractivity contribution is -0.150. The Kier molecular flexibility index (Phi) is 4.13. The number of rotatable bonds is 5. The van der Waals surface area contributed by atoms with Crippen LogP contribution in [-0.2, 0) is 4.74 Å². The molecule has 0 amide bonds. The molecule has 0 saturated carbocycles. The minimum atomic E-state index is -0.331. The van der Waals surface area contributed by atoms with E-state index in [1.807, 2.05) is 12.1 Å². The van der Waals surface area contributed by atoms with Crippen molar-refractivity contribution in [3.63, 3.8) is 0 Å². The maximum absolute atomic E-state index is 9.56. The predicted octanol–water partition coefficient (Wildman–Crippen LogP) is 1.83. The molecule has 0 spiro atoms. The highest BCUT2D eigenvalue weighted by molar-refractivity contribution is 5.41. The van der Waals surface area contributed by atoms with E-state index in [-0.39, 0.29) is 18.1 Å². The Morgan fingerprint density at radius 1 is 1.42 bits per heavy atom. The highest BCUT2D eigenvalue weighted by atomic mass is 16.5. The molecule has 1 aliphatic heterocycles. The molecule has 0 aromatic heterocycles. The van der Waals surface area contributed by atoms with Crippen LogP contribution in [0.15, 0.2) is 18.2 Å². The van der Waals surface area contributed by atoms with Gasteiger partial charge in [0.2, 0.25) is 0 Å². The van der Waals surface area contributed by atoms with Crippen molar-refractivity contribution in [1.82, 2.24) is 0 Å². The number of benzene rings is 1. The zero-order valence-electron chi connectivity index (χ0n) is 11.8. The molecule has 0 bridgehead atoms. The van der Waals surface area contributed by atoms with Gasteiger partial charge >= 0.3 is 0 Å². The van der Waals surface area contributed by atoms with Gasteiger partial charge < -0.3 is 20.3 Å². The second kappa shape index (κ2) is 5.49. The summed E-state index contributed by atoms with van der Waals surface area (Å²) in [5, 5.41) is 9.56. The standard InChI is InChI=1S/C15H23NO3/c1-10(2)12-6-11(4-5-13(12)18-3)14(16)15(7-17)8-19-9-15/h4-6,10,14,17H,7-9,16H2,1-3H3. The fourth-order valence-electron chi connectivity index (χ4n) is 2.48. The normalized spacial score (nSPS) is 19.1. The third-order valence-electron chi connectivity index (χ3n) is 3.99. The molecule has 106 valence electrons. The molecule has 1 aromatic carbocycles. The lowest BCUT2D eigenvalue weighted by atomic mass is 9.76. The van der Waals surface area contributed by atoms with Crippen LogP contribution in [0.2, 0.25) is 0 Å². The molecule has 4 nitrogen and oxygen atoms in total. The summed E-state index contributed by atoms with van der Waals surface area (Å²) in [6.07, 6.45) is 0. The molecule has 1 unspecified atom stereocenters. The molecule has 1 aliphatic rings.